The molecule has 0 amide bonds. The van der Waals surface area contributed by atoms with E-state index in [9.17, 15) is 0 Å². The lowest BCUT2D eigenvalue weighted by atomic mass is 9.75. The fourth-order valence-electron chi connectivity index (χ4n) is 14.4. The van der Waals surface area contributed by atoms with Crippen molar-refractivity contribution in [3.05, 3.63) is 237 Å². The second-order valence-corrected chi connectivity index (χ2v) is 23.0. The van der Waals surface area contributed by atoms with Gasteiger partial charge in [-0.15, -0.1) is 10.2 Å². The Morgan fingerprint density at radius 2 is 1.03 bits per heavy atom. The van der Waals surface area contributed by atoms with Gasteiger partial charge in [0.15, 0.2) is 11.5 Å². The lowest BCUT2D eigenvalue weighted by molar-refractivity contribution is 0.951. The largest absolute Gasteiger partial charge is 0.354 e. The van der Waals surface area contributed by atoms with Gasteiger partial charge in [-0.05, 0) is 101 Å². The summed E-state index contributed by atoms with van der Waals surface area (Å²) < 4.78 is 0. The number of nitrogens with zero attached hydrogens (tertiary/aromatic N) is 10. The van der Waals surface area contributed by atoms with E-state index in [1.807, 2.05) is 30.6 Å². The highest BCUT2D eigenvalue weighted by Gasteiger charge is 2.35. The number of aromatic nitrogens is 11. The topological polar surface area (TPSA) is 160 Å². The lowest BCUT2D eigenvalue weighted by Crippen LogP contribution is -2.08. The van der Waals surface area contributed by atoms with Gasteiger partial charge in [0.25, 0.3) is 0 Å². The van der Waals surface area contributed by atoms with Gasteiger partial charge in [-0.3, -0.25) is 15.0 Å². The maximum absolute atomic E-state index is 5.73. The lowest BCUT2D eigenvalue weighted by Gasteiger charge is -2.28. The second kappa shape index (κ2) is 19.2. The van der Waals surface area contributed by atoms with E-state index < -0.39 is 0 Å². The normalized spacial score (nSPS) is 12.9. The molecule has 0 unspecified atom stereocenters. The van der Waals surface area contributed by atoms with E-state index in [4.69, 9.17) is 50.1 Å². The summed E-state index contributed by atoms with van der Waals surface area (Å²) in [6.07, 6.45) is 10.7. The van der Waals surface area contributed by atoms with Gasteiger partial charge in [0.05, 0.1) is 50.7 Å². The molecule has 0 saturated heterocycles. The van der Waals surface area contributed by atoms with E-state index in [1.54, 1.807) is 18.6 Å². The Balaban J connectivity index is 1.16. The average molecular weight is 1140 g/mol. The molecule has 19 rings (SSSR count). The minimum atomic E-state index is 0.436. The molecule has 1 aliphatic heterocycles. The van der Waals surface area contributed by atoms with Gasteiger partial charge >= 0.3 is 0 Å². The molecule has 0 aliphatic carbocycles. The van der Waals surface area contributed by atoms with Gasteiger partial charge < -0.3 is 9.97 Å². The van der Waals surface area contributed by atoms with E-state index in [-0.39, 0.29) is 0 Å². The number of nitrogens with one attached hydrogen (secondary N) is 2. The summed E-state index contributed by atoms with van der Waals surface area (Å²) in [7, 11) is 0. The zero-order valence-corrected chi connectivity index (χ0v) is 47.5. The van der Waals surface area contributed by atoms with Crippen molar-refractivity contribution in [2.75, 3.05) is 6.54 Å². The number of aliphatic imine (C=N–C) groups is 1. The number of aromatic amines is 2. The maximum Gasteiger partial charge on any atom is 0.181 e. The van der Waals surface area contributed by atoms with Crippen LogP contribution < -0.4 is 0 Å². The molecule has 2 N–H and O–H groups in total. The molecule has 0 saturated carbocycles. The molecule has 0 spiro atoms. The van der Waals surface area contributed by atoms with Gasteiger partial charge in [-0.2, -0.15) is 0 Å². The molecule has 18 aromatic rings. The first kappa shape index (κ1) is 49.3. The van der Waals surface area contributed by atoms with Crippen LogP contribution in [0.15, 0.2) is 236 Å². The molecule has 10 aromatic carbocycles. The van der Waals surface area contributed by atoms with E-state index in [0.29, 0.717) is 29.2 Å². The molecule has 0 bridgehead atoms. The number of fused-ring (bicyclic) bond motifs is 14. The van der Waals surface area contributed by atoms with Crippen molar-refractivity contribution in [3.63, 3.8) is 0 Å². The first-order valence-electron chi connectivity index (χ1n) is 30.0. The maximum atomic E-state index is 5.73. The first-order valence-corrected chi connectivity index (χ1v) is 30.0. The number of hydrogen-bond acceptors (Lipinski definition) is 10. The Bertz CT molecular complexity index is 6120. The van der Waals surface area contributed by atoms with Crippen LogP contribution in [0.1, 0.15) is 18.4 Å². The van der Waals surface area contributed by atoms with Crippen molar-refractivity contribution in [2.45, 2.75) is 12.8 Å². The molecule has 89 heavy (non-hydrogen) atoms. The SMILES string of the molecule is c1ccc2nnc(-c3c(C4=NCCC4)cc4c(-c5cccc6nc7ccccc7cc56)c(-c5cccc6ncc7ccccc7c56)c(-c5nccc6c5[nH]c5ccccc56)c(-c5cccc6c5[nH]c5ccccc56)c4c3-c3ncc4nccnc4n3)cc2c1. The predicted molar refractivity (Wildman–Crippen MR) is 361 cm³/mol. The van der Waals surface area contributed by atoms with Crippen LogP contribution in [0.3, 0.4) is 0 Å². The van der Waals surface area contributed by atoms with Crippen molar-refractivity contribution in [1.29, 1.82) is 0 Å². The fourth-order valence-corrected chi connectivity index (χ4v) is 14.4. The van der Waals surface area contributed by atoms with Gasteiger partial charge in [0.2, 0.25) is 0 Å². The minimum absolute atomic E-state index is 0.436. The quantitative estimate of drug-likeness (QED) is 0.117. The third kappa shape index (κ3) is 7.47. The Morgan fingerprint density at radius 3 is 1.88 bits per heavy atom. The number of benzene rings is 10. The monoisotopic (exact) mass is 1140 g/mol. The average Bonchev–Trinajstić information content (AvgIpc) is 1.78. The Kier molecular flexibility index (Phi) is 10.7. The third-order valence-corrected chi connectivity index (χ3v) is 18.2. The molecule has 0 radical (unpaired) electrons. The molecular weight excluding hydrogens is 1090 g/mol. The van der Waals surface area contributed by atoms with Crippen LogP contribution in [0.2, 0.25) is 0 Å². The Morgan fingerprint density at radius 1 is 0.348 bits per heavy atom. The highest BCUT2D eigenvalue weighted by molar-refractivity contribution is 6.32. The molecule has 12 nitrogen and oxygen atoms in total. The van der Waals surface area contributed by atoms with Crippen LogP contribution in [0, 0.1) is 0 Å². The summed E-state index contributed by atoms with van der Waals surface area (Å²) in [5.74, 6) is 0.436. The predicted octanol–water partition coefficient (Wildman–Crippen LogP) is 18.2. The van der Waals surface area contributed by atoms with Crippen LogP contribution in [0.25, 0.3) is 187 Å². The Labute approximate surface area is 506 Å². The van der Waals surface area contributed by atoms with E-state index in [1.165, 1.54) is 0 Å². The second-order valence-electron chi connectivity index (χ2n) is 23.0. The summed E-state index contributed by atoms with van der Waals surface area (Å²) >= 11 is 0. The number of pyridine rings is 3. The zero-order chi connectivity index (χ0) is 58.3. The van der Waals surface area contributed by atoms with Crippen molar-refractivity contribution >= 4 is 126 Å². The van der Waals surface area contributed by atoms with Gasteiger partial charge in [0, 0.05) is 141 Å². The number of hydrogen-bond donors (Lipinski definition) is 2. The number of H-pyrrole nitrogens is 2. The molecule has 0 fully saturated rings. The molecule has 0 atom stereocenters. The molecule has 9 heterocycles. The molecular formula is C77H46N12. The van der Waals surface area contributed by atoms with Gasteiger partial charge in [-0.1, -0.05) is 140 Å². The summed E-state index contributed by atoms with van der Waals surface area (Å²) in [5.41, 5.74) is 19.7. The third-order valence-electron chi connectivity index (χ3n) is 18.2. The van der Waals surface area contributed by atoms with E-state index >= 15 is 0 Å². The summed E-state index contributed by atoms with van der Waals surface area (Å²) in [6, 6.07) is 71.0. The first-order chi connectivity index (χ1) is 44.1. The molecule has 414 valence electrons. The van der Waals surface area contributed by atoms with Crippen LogP contribution in [-0.4, -0.2) is 67.3 Å². The highest BCUT2D eigenvalue weighted by Crippen LogP contribution is 2.58. The van der Waals surface area contributed by atoms with E-state index in [0.717, 1.165) is 189 Å². The van der Waals surface area contributed by atoms with Gasteiger partial charge in [0.1, 0.15) is 5.52 Å². The zero-order valence-electron chi connectivity index (χ0n) is 47.5. The van der Waals surface area contributed by atoms with E-state index in [2.05, 4.69) is 192 Å². The smallest absolute Gasteiger partial charge is 0.181 e. The Hall–Kier alpha value is -12.0. The summed E-state index contributed by atoms with van der Waals surface area (Å²) in [4.78, 5) is 50.5. The van der Waals surface area contributed by atoms with Crippen LogP contribution in [-0.2, 0) is 0 Å². The molecule has 12 heteroatoms. The highest BCUT2D eigenvalue weighted by atomic mass is 15.1. The van der Waals surface area contributed by atoms with Crippen LogP contribution in [0.4, 0.5) is 0 Å². The summed E-state index contributed by atoms with van der Waals surface area (Å²) in [5, 5.41) is 22.4. The van der Waals surface area contributed by atoms with Crippen molar-refractivity contribution in [2.24, 2.45) is 4.99 Å². The number of para-hydroxylation sites is 4. The van der Waals surface area contributed by atoms with Crippen LogP contribution in [0.5, 0.6) is 0 Å². The summed E-state index contributed by atoms with van der Waals surface area (Å²) in [6.45, 7) is 0.677. The van der Waals surface area contributed by atoms with Crippen molar-refractivity contribution < 1.29 is 0 Å². The standard InChI is InChI=1S/C77H46N12/c1-4-18-45-44(17-1)40-82-62-30-13-23-51(65(45)62)68-66(48-21-12-29-61-53(48)37-42-15-2-7-25-56(42)84-61)55-39-54(58-31-14-33-78-58)67(63-38-43-16-3-8-26-57(43)88-89-63)72(77-83-41-64-76(87-77)81-36-35-79-64)70(55)69(52-24-11-22-49-46-19-5-9-27-59(46)85-73(49)52)71(68)75-74-50(32-34-80-75)47-20-6-10-28-60(47)86-74/h1-13,15-30,32,34-41,85-86H,14,31,33H2. The molecule has 1 aliphatic rings. The fraction of sp³-hybridized carbons (Fsp3) is 0.0390. The van der Waals surface area contributed by atoms with Crippen molar-refractivity contribution in [1.82, 2.24) is 55.1 Å². The minimum Gasteiger partial charge on any atom is -0.354 e. The number of rotatable bonds is 7. The van der Waals surface area contributed by atoms with Crippen LogP contribution >= 0.6 is 0 Å². The van der Waals surface area contributed by atoms with Gasteiger partial charge in [-0.25, -0.2) is 24.9 Å². The molecule has 8 aromatic heterocycles. The van der Waals surface area contributed by atoms with Crippen molar-refractivity contribution in [3.8, 4) is 67.3 Å².